The Hall–Kier alpha value is -0.500. The lowest BCUT2D eigenvalue weighted by Gasteiger charge is -2.38. The Morgan fingerprint density at radius 2 is 1.95 bits per heavy atom. The largest absolute Gasteiger partial charge is 0.281 e. The molecule has 0 spiro atoms. The molecule has 0 radical (unpaired) electrons. The number of hydrogen-bond donors (Lipinski definition) is 0. The molecule has 0 aliphatic carbocycles. The van der Waals surface area contributed by atoms with Crippen LogP contribution >= 0.6 is 11.3 Å². The first-order valence-electron chi connectivity index (χ1n) is 6.36. The first kappa shape index (κ1) is 14.9. The lowest BCUT2D eigenvalue weighted by Crippen LogP contribution is -2.47. The summed E-state index contributed by atoms with van der Waals surface area (Å²) in [5.41, 5.74) is 0.0112. The predicted octanol–water partition coefficient (Wildman–Crippen LogP) is 1.61. The highest BCUT2D eigenvalue weighted by Gasteiger charge is 2.38. The molecule has 0 saturated carbocycles. The molecule has 0 aromatic carbocycles. The molecule has 0 bridgehead atoms. The molecule has 0 N–H and O–H groups in total. The van der Waals surface area contributed by atoms with Gasteiger partial charge in [-0.15, -0.1) is 11.3 Å². The maximum atomic E-state index is 12.1. The van der Waals surface area contributed by atoms with Crippen LogP contribution in [-0.4, -0.2) is 49.2 Å². The number of rotatable bonds is 3. The third-order valence-corrected chi connectivity index (χ3v) is 6.91. The topological polar surface area (TPSA) is 53.5 Å². The lowest BCUT2D eigenvalue weighted by molar-refractivity contribution is 0.239. The van der Waals surface area contributed by atoms with Crippen molar-refractivity contribution < 1.29 is 8.42 Å². The van der Waals surface area contributed by atoms with Gasteiger partial charge in [-0.05, 0) is 19.8 Å². The molecule has 5 nitrogen and oxygen atoms in total. The van der Waals surface area contributed by atoms with Gasteiger partial charge in [0.25, 0.3) is 10.2 Å². The van der Waals surface area contributed by atoms with Crippen LogP contribution < -0.4 is 0 Å². The fourth-order valence-corrected chi connectivity index (χ4v) is 4.36. The van der Waals surface area contributed by atoms with Crippen molar-refractivity contribution in [2.75, 3.05) is 27.2 Å². The van der Waals surface area contributed by atoms with Gasteiger partial charge in [0.2, 0.25) is 0 Å². The Morgan fingerprint density at radius 1 is 1.37 bits per heavy atom. The van der Waals surface area contributed by atoms with Gasteiger partial charge in [-0.3, -0.25) is 0 Å². The van der Waals surface area contributed by atoms with Crippen LogP contribution in [0.25, 0.3) is 0 Å². The van der Waals surface area contributed by atoms with Crippen LogP contribution in [0.5, 0.6) is 0 Å². The molecular weight excluding hydrogens is 282 g/mol. The van der Waals surface area contributed by atoms with E-state index in [0.29, 0.717) is 13.1 Å². The van der Waals surface area contributed by atoms with Crippen LogP contribution in [0.2, 0.25) is 0 Å². The average Bonchev–Trinajstić information content (AvgIpc) is 2.77. The molecule has 2 heterocycles. The maximum absolute atomic E-state index is 12.1. The molecule has 19 heavy (non-hydrogen) atoms. The van der Waals surface area contributed by atoms with Gasteiger partial charge < -0.3 is 0 Å². The highest BCUT2D eigenvalue weighted by molar-refractivity contribution is 7.86. The standard InChI is InChI=1S/C12H21N3O2S2/c1-10-9-13-11(18-10)12(2)5-7-15(8-6-12)19(16,17)14(3)4/h9H,5-8H2,1-4H3. The molecular formula is C12H21N3O2S2. The van der Waals surface area contributed by atoms with Gasteiger partial charge in [-0.2, -0.15) is 17.0 Å². The Balaban J connectivity index is 2.11. The Morgan fingerprint density at radius 3 is 2.37 bits per heavy atom. The van der Waals surface area contributed by atoms with E-state index >= 15 is 0 Å². The summed E-state index contributed by atoms with van der Waals surface area (Å²) >= 11 is 1.72. The number of piperidine rings is 1. The van der Waals surface area contributed by atoms with E-state index < -0.39 is 10.2 Å². The van der Waals surface area contributed by atoms with Gasteiger partial charge in [0, 0.05) is 43.7 Å². The minimum atomic E-state index is -3.28. The number of nitrogens with zero attached hydrogens (tertiary/aromatic N) is 3. The first-order valence-corrected chi connectivity index (χ1v) is 8.57. The van der Waals surface area contributed by atoms with Crippen LogP contribution in [0.4, 0.5) is 0 Å². The molecule has 2 rings (SSSR count). The highest BCUT2D eigenvalue weighted by atomic mass is 32.2. The first-order chi connectivity index (χ1) is 8.75. The van der Waals surface area contributed by atoms with E-state index in [1.54, 1.807) is 29.7 Å². The molecule has 7 heteroatoms. The number of aromatic nitrogens is 1. The van der Waals surface area contributed by atoms with Crippen molar-refractivity contribution in [1.29, 1.82) is 0 Å². The monoisotopic (exact) mass is 303 g/mol. The van der Waals surface area contributed by atoms with Gasteiger partial charge in [0.1, 0.15) is 0 Å². The lowest BCUT2D eigenvalue weighted by atomic mass is 9.82. The summed E-state index contributed by atoms with van der Waals surface area (Å²) in [5.74, 6) is 0. The summed E-state index contributed by atoms with van der Waals surface area (Å²) in [5, 5.41) is 1.13. The quantitative estimate of drug-likeness (QED) is 0.852. The van der Waals surface area contributed by atoms with Crippen molar-refractivity contribution in [2.45, 2.75) is 32.1 Å². The summed E-state index contributed by atoms with van der Waals surface area (Å²) in [6.07, 6.45) is 3.55. The molecule has 108 valence electrons. The van der Waals surface area contributed by atoms with Crippen molar-refractivity contribution in [3.05, 3.63) is 16.1 Å². The maximum Gasteiger partial charge on any atom is 0.281 e. The molecule has 1 saturated heterocycles. The fraction of sp³-hybridized carbons (Fsp3) is 0.750. The van der Waals surface area contributed by atoms with Crippen LogP contribution in [0.3, 0.4) is 0 Å². The minimum absolute atomic E-state index is 0.0112. The third kappa shape index (κ3) is 2.84. The summed E-state index contributed by atoms with van der Waals surface area (Å²) < 4.78 is 27.0. The van der Waals surface area contributed by atoms with Crippen molar-refractivity contribution in [2.24, 2.45) is 0 Å². The second-order valence-electron chi connectivity index (χ2n) is 5.53. The molecule has 1 aromatic heterocycles. The number of thiazole rings is 1. The van der Waals surface area contributed by atoms with Crippen molar-refractivity contribution in [3.8, 4) is 0 Å². The van der Waals surface area contributed by atoms with Crippen molar-refractivity contribution in [3.63, 3.8) is 0 Å². The van der Waals surface area contributed by atoms with E-state index in [1.807, 2.05) is 6.20 Å². The summed E-state index contributed by atoms with van der Waals surface area (Å²) in [6.45, 7) is 5.37. The van der Waals surface area contributed by atoms with Crippen LogP contribution in [0.1, 0.15) is 29.7 Å². The van der Waals surface area contributed by atoms with Gasteiger partial charge in [-0.1, -0.05) is 6.92 Å². The van der Waals surface area contributed by atoms with Gasteiger partial charge in [0.05, 0.1) is 5.01 Å². The summed E-state index contributed by atoms with van der Waals surface area (Å²) in [6, 6.07) is 0. The van der Waals surface area contributed by atoms with E-state index in [0.717, 1.165) is 17.8 Å². The summed E-state index contributed by atoms with van der Waals surface area (Å²) in [4.78, 5) is 5.68. The van der Waals surface area contributed by atoms with Crippen LogP contribution in [0.15, 0.2) is 6.20 Å². The van der Waals surface area contributed by atoms with E-state index in [2.05, 4.69) is 18.8 Å². The van der Waals surface area contributed by atoms with Crippen LogP contribution in [-0.2, 0) is 15.6 Å². The Labute approximate surface area is 119 Å². The second kappa shape index (κ2) is 5.12. The number of hydrogen-bond acceptors (Lipinski definition) is 4. The molecule has 1 fully saturated rings. The van der Waals surface area contributed by atoms with E-state index in [1.165, 1.54) is 9.18 Å². The fourth-order valence-electron chi connectivity index (χ4n) is 2.29. The zero-order chi connectivity index (χ0) is 14.3. The van der Waals surface area contributed by atoms with E-state index in [-0.39, 0.29) is 5.41 Å². The second-order valence-corrected chi connectivity index (χ2v) is 8.90. The highest BCUT2D eigenvalue weighted by Crippen LogP contribution is 2.37. The predicted molar refractivity (Wildman–Crippen MR) is 77.6 cm³/mol. The average molecular weight is 303 g/mol. The smallest absolute Gasteiger partial charge is 0.249 e. The molecule has 1 aromatic rings. The third-order valence-electron chi connectivity index (χ3n) is 3.75. The van der Waals surface area contributed by atoms with Crippen molar-refractivity contribution >= 4 is 21.5 Å². The molecule has 0 amide bonds. The zero-order valence-electron chi connectivity index (χ0n) is 11.9. The molecule has 0 atom stereocenters. The Kier molecular flexibility index (Phi) is 4.02. The molecule has 1 aliphatic heterocycles. The minimum Gasteiger partial charge on any atom is -0.249 e. The molecule has 1 aliphatic rings. The number of aryl methyl sites for hydroxylation is 1. The zero-order valence-corrected chi connectivity index (χ0v) is 13.5. The Bertz CT molecular complexity index is 543. The van der Waals surface area contributed by atoms with E-state index in [4.69, 9.17) is 0 Å². The van der Waals surface area contributed by atoms with Gasteiger partial charge in [0.15, 0.2) is 0 Å². The normalized spacial score (nSPS) is 20.9. The molecule has 0 unspecified atom stereocenters. The SMILES string of the molecule is Cc1cnc(C2(C)CCN(S(=O)(=O)N(C)C)CC2)s1. The van der Waals surface area contributed by atoms with Crippen molar-refractivity contribution in [1.82, 2.24) is 13.6 Å². The summed E-state index contributed by atoms with van der Waals surface area (Å²) in [7, 11) is -0.124. The van der Waals surface area contributed by atoms with Gasteiger partial charge in [-0.25, -0.2) is 4.98 Å². The van der Waals surface area contributed by atoms with E-state index in [9.17, 15) is 8.42 Å². The van der Waals surface area contributed by atoms with Crippen LogP contribution in [0, 0.1) is 6.92 Å². The van der Waals surface area contributed by atoms with Gasteiger partial charge >= 0.3 is 0 Å².